The first-order valence-corrected chi connectivity index (χ1v) is 8.24. The Bertz CT molecular complexity index is 892. The quantitative estimate of drug-likeness (QED) is 0.728. The maximum atomic E-state index is 13.0. The lowest BCUT2D eigenvalue weighted by Crippen LogP contribution is -2.27. The molecule has 1 aliphatic rings. The van der Waals surface area contributed by atoms with E-state index in [1.165, 1.54) is 0 Å². The zero-order valence-electron chi connectivity index (χ0n) is 13.6. The highest BCUT2D eigenvalue weighted by molar-refractivity contribution is 6.05. The SMILES string of the molecule is O=C(c1ccncc1)N1N=C(c2ccccc2)CC1c1ccccc1. The second-order valence-corrected chi connectivity index (χ2v) is 5.93. The zero-order valence-corrected chi connectivity index (χ0v) is 13.6. The Kier molecular flexibility index (Phi) is 4.09. The van der Waals surface area contributed by atoms with Gasteiger partial charge in [0.2, 0.25) is 0 Å². The van der Waals surface area contributed by atoms with Gasteiger partial charge < -0.3 is 0 Å². The number of nitrogens with zero attached hydrogens (tertiary/aromatic N) is 3. The molecule has 3 aromatic rings. The van der Waals surface area contributed by atoms with Gasteiger partial charge >= 0.3 is 0 Å². The van der Waals surface area contributed by atoms with Crippen LogP contribution in [0.4, 0.5) is 0 Å². The van der Waals surface area contributed by atoms with Gasteiger partial charge in [0.15, 0.2) is 0 Å². The van der Waals surface area contributed by atoms with Gasteiger partial charge in [0, 0.05) is 24.4 Å². The fourth-order valence-electron chi connectivity index (χ4n) is 3.06. The molecule has 1 aromatic heterocycles. The Hall–Kier alpha value is -3.27. The van der Waals surface area contributed by atoms with E-state index in [4.69, 9.17) is 0 Å². The van der Waals surface area contributed by atoms with Crippen LogP contribution in [0.5, 0.6) is 0 Å². The lowest BCUT2D eigenvalue weighted by Gasteiger charge is -2.22. The second-order valence-electron chi connectivity index (χ2n) is 5.93. The molecule has 1 amide bonds. The number of carbonyl (C=O) groups is 1. The summed E-state index contributed by atoms with van der Waals surface area (Å²) in [5.74, 6) is -0.109. The first kappa shape index (κ1) is 15.3. The molecule has 0 saturated carbocycles. The minimum atomic E-state index is -0.109. The number of amides is 1. The average molecular weight is 327 g/mol. The molecule has 1 aliphatic heterocycles. The second kappa shape index (κ2) is 6.69. The van der Waals surface area contributed by atoms with Crippen LogP contribution in [-0.4, -0.2) is 21.6 Å². The number of pyridine rings is 1. The molecule has 0 bridgehead atoms. The Morgan fingerprint density at radius 3 is 2.20 bits per heavy atom. The minimum Gasteiger partial charge on any atom is -0.267 e. The smallest absolute Gasteiger partial charge is 0.267 e. The molecule has 0 fully saturated rings. The van der Waals surface area contributed by atoms with Crippen molar-refractivity contribution in [3.8, 4) is 0 Å². The molecule has 0 aliphatic carbocycles. The van der Waals surface area contributed by atoms with E-state index in [0.717, 1.165) is 16.8 Å². The summed E-state index contributed by atoms with van der Waals surface area (Å²) in [5, 5.41) is 6.28. The number of hydrogen-bond donors (Lipinski definition) is 0. The van der Waals surface area contributed by atoms with Crippen LogP contribution in [0, 0.1) is 0 Å². The minimum absolute atomic E-state index is 0.0999. The zero-order chi connectivity index (χ0) is 17.1. The van der Waals surface area contributed by atoms with E-state index in [9.17, 15) is 4.79 Å². The maximum absolute atomic E-state index is 13.0. The van der Waals surface area contributed by atoms with Gasteiger partial charge in [0.05, 0.1) is 11.8 Å². The third-order valence-corrected chi connectivity index (χ3v) is 4.34. The van der Waals surface area contributed by atoms with Crippen molar-refractivity contribution in [3.63, 3.8) is 0 Å². The number of hydrogen-bond acceptors (Lipinski definition) is 3. The molecule has 0 saturated heterocycles. The Labute approximate surface area is 146 Å². The fraction of sp³-hybridized carbons (Fsp3) is 0.0952. The third kappa shape index (κ3) is 3.06. The van der Waals surface area contributed by atoms with Crippen molar-refractivity contribution in [2.75, 3.05) is 0 Å². The third-order valence-electron chi connectivity index (χ3n) is 4.34. The van der Waals surface area contributed by atoms with Gasteiger partial charge in [-0.3, -0.25) is 9.78 Å². The molecule has 1 unspecified atom stereocenters. The molecule has 2 heterocycles. The van der Waals surface area contributed by atoms with Crippen molar-refractivity contribution in [2.45, 2.75) is 12.5 Å². The number of carbonyl (C=O) groups excluding carboxylic acids is 1. The van der Waals surface area contributed by atoms with Crippen LogP contribution in [0.25, 0.3) is 0 Å². The highest BCUT2D eigenvalue weighted by atomic mass is 16.2. The van der Waals surface area contributed by atoms with E-state index < -0.39 is 0 Å². The molecule has 0 radical (unpaired) electrons. The van der Waals surface area contributed by atoms with Crippen molar-refractivity contribution in [3.05, 3.63) is 102 Å². The molecular formula is C21H17N3O. The summed E-state index contributed by atoms with van der Waals surface area (Å²) in [6, 6.07) is 23.4. The first-order chi connectivity index (χ1) is 12.3. The van der Waals surface area contributed by atoms with Crippen LogP contribution < -0.4 is 0 Å². The van der Waals surface area contributed by atoms with Gasteiger partial charge in [-0.15, -0.1) is 0 Å². The largest absolute Gasteiger partial charge is 0.274 e. The summed E-state index contributed by atoms with van der Waals surface area (Å²) in [5.41, 5.74) is 3.65. The van der Waals surface area contributed by atoms with Crippen molar-refractivity contribution in [1.29, 1.82) is 0 Å². The van der Waals surface area contributed by atoms with Gasteiger partial charge in [-0.05, 0) is 23.3 Å². The highest BCUT2D eigenvalue weighted by Crippen LogP contribution is 2.33. The van der Waals surface area contributed by atoms with Gasteiger partial charge in [-0.1, -0.05) is 60.7 Å². The fourth-order valence-corrected chi connectivity index (χ4v) is 3.06. The van der Waals surface area contributed by atoms with E-state index in [2.05, 4.69) is 10.1 Å². The first-order valence-electron chi connectivity index (χ1n) is 8.24. The molecule has 25 heavy (non-hydrogen) atoms. The van der Waals surface area contributed by atoms with Crippen LogP contribution in [0.15, 0.2) is 90.3 Å². The highest BCUT2D eigenvalue weighted by Gasteiger charge is 2.33. The average Bonchev–Trinajstić information content (AvgIpc) is 3.15. The summed E-state index contributed by atoms with van der Waals surface area (Å²) in [6.45, 7) is 0. The molecular weight excluding hydrogens is 310 g/mol. The Balaban J connectivity index is 1.73. The topological polar surface area (TPSA) is 45.6 Å². The van der Waals surface area contributed by atoms with Crippen LogP contribution in [0.1, 0.15) is 33.9 Å². The van der Waals surface area contributed by atoms with Crippen LogP contribution in [-0.2, 0) is 0 Å². The summed E-state index contributed by atoms with van der Waals surface area (Å²) < 4.78 is 0. The predicted molar refractivity (Wildman–Crippen MR) is 97.2 cm³/mol. The van der Waals surface area contributed by atoms with Crippen molar-refractivity contribution < 1.29 is 4.79 Å². The molecule has 1 atom stereocenters. The maximum Gasteiger partial charge on any atom is 0.274 e. The predicted octanol–water partition coefficient (Wildman–Crippen LogP) is 4.07. The number of aromatic nitrogens is 1. The van der Waals surface area contributed by atoms with E-state index in [0.29, 0.717) is 12.0 Å². The number of hydrazone groups is 1. The van der Waals surface area contributed by atoms with Crippen molar-refractivity contribution in [1.82, 2.24) is 9.99 Å². The molecule has 4 heteroatoms. The van der Waals surface area contributed by atoms with Gasteiger partial charge in [-0.25, -0.2) is 5.01 Å². The van der Waals surface area contributed by atoms with Crippen molar-refractivity contribution in [2.24, 2.45) is 5.10 Å². The van der Waals surface area contributed by atoms with Crippen LogP contribution in [0.2, 0.25) is 0 Å². The van der Waals surface area contributed by atoms with Crippen molar-refractivity contribution >= 4 is 11.6 Å². The summed E-state index contributed by atoms with van der Waals surface area (Å²) >= 11 is 0. The van der Waals surface area contributed by atoms with Crippen LogP contribution in [0.3, 0.4) is 0 Å². The molecule has 122 valence electrons. The summed E-state index contributed by atoms with van der Waals surface area (Å²) in [4.78, 5) is 17.0. The van der Waals surface area contributed by atoms with E-state index in [1.807, 2.05) is 60.7 Å². The van der Waals surface area contributed by atoms with Gasteiger partial charge in [-0.2, -0.15) is 5.10 Å². The molecule has 4 rings (SSSR count). The van der Waals surface area contributed by atoms with E-state index in [1.54, 1.807) is 29.5 Å². The monoisotopic (exact) mass is 327 g/mol. The molecule has 0 spiro atoms. The molecule has 2 aromatic carbocycles. The van der Waals surface area contributed by atoms with Gasteiger partial charge in [0.25, 0.3) is 5.91 Å². The number of benzene rings is 2. The Morgan fingerprint density at radius 1 is 0.880 bits per heavy atom. The summed E-state index contributed by atoms with van der Waals surface area (Å²) in [7, 11) is 0. The van der Waals surface area contributed by atoms with E-state index in [-0.39, 0.29) is 11.9 Å². The lowest BCUT2D eigenvalue weighted by molar-refractivity contribution is 0.0711. The molecule has 0 N–H and O–H groups in total. The van der Waals surface area contributed by atoms with E-state index >= 15 is 0 Å². The normalized spacial score (nSPS) is 16.6. The lowest BCUT2D eigenvalue weighted by atomic mass is 9.98. The Morgan fingerprint density at radius 2 is 1.52 bits per heavy atom. The number of rotatable bonds is 3. The summed E-state index contributed by atoms with van der Waals surface area (Å²) in [6.07, 6.45) is 3.95. The standard InChI is InChI=1S/C21H17N3O/c25-21(18-11-13-22-14-12-18)24-20(17-9-5-2-6-10-17)15-19(23-24)16-7-3-1-4-8-16/h1-14,20H,15H2. The van der Waals surface area contributed by atoms with Gasteiger partial charge in [0.1, 0.15) is 0 Å². The van der Waals surface area contributed by atoms with Crippen LogP contribution >= 0.6 is 0 Å². The molecule has 4 nitrogen and oxygen atoms in total.